The molecule has 0 heterocycles. The van der Waals surface area contributed by atoms with Gasteiger partial charge in [0.1, 0.15) is 0 Å². The normalized spacial score (nSPS) is 9.75. The molecule has 1 amide bonds. The molecule has 0 aromatic rings. The Morgan fingerprint density at radius 3 is 1.75 bits per heavy atom. The van der Waals surface area contributed by atoms with Crippen molar-refractivity contribution < 1.29 is 72.0 Å². The maximum absolute atomic E-state index is 9.55. The quantitative estimate of drug-likeness (QED) is 0.275. The molecule has 0 aliphatic rings. The number of hydrogen-bond donors (Lipinski definition) is 3. The summed E-state index contributed by atoms with van der Waals surface area (Å²) in [4.78, 5) is 24.9. The Kier molecular flexibility index (Phi) is 6.19. The Morgan fingerprint density at radius 2 is 1.75 bits per heavy atom. The average Bonchev–Trinajstić information content (AvgIpc) is 1.31. The molecule has 0 radical (unpaired) electrons. The molecular formula is CH5KNO4P. The van der Waals surface area contributed by atoms with Crippen LogP contribution < -0.4 is 57.1 Å². The SMILES string of the molecule is NC(=O)P(=O)(O)O.[H-].[K+]. The fourth-order valence-corrected chi connectivity index (χ4v) is 0. The molecule has 0 spiro atoms. The van der Waals surface area contributed by atoms with Crippen LogP contribution in [-0.2, 0) is 4.57 Å². The minimum atomic E-state index is -4.60. The van der Waals surface area contributed by atoms with Gasteiger partial charge >= 0.3 is 64.6 Å². The van der Waals surface area contributed by atoms with Gasteiger partial charge in [-0.2, -0.15) is 0 Å². The predicted octanol–water partition coefficient (Wildman–Crippen LogP) is -3.64. The van der Waals surface area contributed by atoms with Crippen LogP contribution in [0, 0.1) is 0 Å². The second kappa shape index (κ2) is 4.13. The summed E-state index contributed by atoms with van der Waals surface area (Å²) in [6.07, 6.45) is 0. The van der Waals surface area contributed by atoms with Crippen LogP contribution >= 0.6 is 7.60 Å². The first-order valence-corrected chi connectivity index (χ1v) is 2.91. The van der Waals surface area contributed by atoms with E-state index < -0.39 is 13.2 Å². The molecule has 4 N–H and O–H groups in total. The molecule has 0 aliphatic carbocycles. The van der Waals surface area contributed by atoms with E-state index in [1.54, 1.807) is 0 Å². The third kappa shape index (κ3) is 5.39. The Balaban J connectivity index is -0.000000180. The zero-order chi connectivity index (χ0) is 6.08. The van der Waals surface area contributed by atoms with Gasteiger partial charge in [0.25, 0.3) is 0 Å². The van der Waals surface area contributed by atoms with Crippen molar-refractivity contribution in [3.05, 3.63) is 0 Å². The number of rotatable bonds is 1. The summed E-state index contributed by atoms with van der Waals surface area (Å²) in [7, 11) is -4.60. The summed E-state index contributed by atoms with van der Waals surface area (Å²) in [5.41, 5.74) is 2.58. The monoisotopic (exact) mass is 165 g/mol. The van der Waals surface area contributed by atoms with E-state index in [0.717, 1.165) is 0 Å². The van der Waals surface area contributed by atoms with Gasteiger partial charge in [0, 0.05) is 0 Å². The van der Waals surface area contributed by atoms with Crippen molar-refractivity contribution in [2.24, 2.45) is 5.73 Å². The van der Waals surface area contributed by atoms with Crippen molar-refractivity contribution in [2.45, 2.75) is 0 Å². The summed E-state index contributed by atoms with van der Waals surface area (Å²) < 4.78 is 9.55. The fourth-order valence-electron chi connectivity index (χ4n) is 0. The number of hydrogen-bond acceptors (Lipinski definition) is 2. The van der Waals surface area contributed by atoms with Gasteiger partial charge in [-0.1, -0.05) is 0 Å². The van der Waals surface area contributed by atoms with Crippen molar-refractivity contribution in [3.8, 4) is 0 Å². The summed E-state index contributed by atoms with van der Waals surface area (Å²) in [5, 5.41) is 0. The fraction of sp³-hybridized carbons (Fsp3) is 0. The number of carbonyl (C=O) groups excluding carboxylic acids is 1. The molecule has 44 valence electrons. The minimum absolute atomic E-state index is 0. The van der Waals surface area contributed by atoms with E-state index >= 15 is 0 Å². The Bertz CT molecular complexity index is 133. The molecular weight excluding hydrogens is 160 g/mol. The molecule has 7 heteroatoms. The zero-order valence-electron chi connectivity index (χ0n) is 5.24. The van der Waals surface area contributed by atoms with E-state index in [1.165, 1.54) is 0 Å². The van der Waals surface area contributed by atoms with Crippen molar-refractivity contribution in [3.63, 3.8) is 0 Å². The van der Waals surface area contributed by atoms with Gasteiger partial charge in [0.2, 0.25) is 0 Å². The predicted molar refractivity (Wildman–Crippen MR) is 22.7 cm³/mol. The molecule has 0 atom stereocenters. The Hall–Kier alpha value is 1.26. The minimum Gasteiger partial charge on any atom is -1.00 e. The smallest absolute Gasteiger partial charge is 1.00 e. The topological polar surface area (TPSA) is 101 Å². The molecule has 0 saturated carbocycles. The van der Waals surface area contributed by atoms with Crippen LogP contribution in [0.1, 0.15) is 1.43 Å². The van der Waals surface area contributed by atoms with Gasteiger partial charge in [-0.05, 0) is 0 Å². The molecule has 0 aromatic heterocycles. The van der Waals surface area contributed by atoms with E-state index in [1.807, 2.05) is 0 Å². The molecule has 0 aromatic carbocycles. The molecule has 5 nitrogen and oxygen atoms in total. The van der Waals surface area contributed by atoms with E-state index in [-0.39, 0.29) is 52.8 Å². The van der Waals surface area contributed by atoms with Gasteiger partial charge in [-0.25, -0.2) is 4.57 Å². The van der Waals surface area contributed by atoms with Crippen LogP contribution in [0.3, 0.4) is 0 Å². The second-order valence-corrected chi connectivity index (χ2v) is 2.41. The molecule has 8 heavy (non-hydrogen) atoms. The molecule has 0 rings (SSSR count). The van der Waals surface area contributed by atoms with Crippen LogP contribution in [0.2, 0.25) is 0 Å². The van der Waals surface area contributed by atoms with Crippen LogP contribution in [0.25, 0.3) is 0 Å². The number of amides is 1. The largest absolute Gasteiger partial charge is 1.00 e. The van der Waals surface area contributed by atoms with Crippen LogP contribution in [0.4, 0.5) is 4.79 Å². The van der Waals surface area contributed by atoms with Gasteiger partial charge < -0.3 is 16.9 Å². The van der Waals surface area contributed by atoms with Gasteiger partial charge in [0.05, 0.1) is 0 Å². The van der Waals surface area contributed by atoms with Gasteiger partial charge in [-0.15, -0.1) is 0 Å². The number of nitrogens with two attached hydrogens (primary N) is 1. The Labute approximate surface area is 89.7 Å². The molecule has 0 unspecified atom stereocenters. The molecule has 0 fully saturated rings. The summed E-state index contributed by atoms with van der Waals surface area (Å²) in [5.74, 6) is 0. The molecule has 0 aliphatic heterocycles. The third-order valence-electron chi connectivity index (χ3n) is 0.287. The van der Waals surface area contributed by atoms with Crippen molar-refractivity contribution >= 4 is 13.2 Å². The van der Waals surface area contributed by atoms with Crippen molar-refractivity contribution in [1.82, 2.24) is 0 Å². The first-order chi connectivity index (χ1) is 2.94. The van der Waals surface area contributed by atoms with Crippen molar-refractivity contribution in [1.29, 1.82) is 0 Å². The van der Waals surface area contributed by atoms with Crippen LogP contribution in [0.5, 0.6) is 0 Å². The van der Waals surface area contributed by atoms with Crippen LogP contribution in [0.15, 0.2) is 0 Å². The van der Waals surface area contributed by atoms with E-state index in [2.05, 4.69) is 5.73 Å². The number of primary amides is 1. The zero-order valence-corrected chi connectivity index (χ0v) is 8.25. The number of carbonyl (C=O) groups is 1. The maximum atomic E-state index is 9.55. The standard InChI is InChI=1S/CH4NO4P.K.H/c2-1(3)7(4,5)6;;/h(H2,2,3)(H2,4,5,6);;/q;+1;-1. The first-order valence-electron chi connectivity index (χ1n) is 1.30. The summed E-state index contributed by atoms with van der Waals surface area (Å²) in [6.45, 7) is 0. The second-order valence-electron chi connectivity index (χ2n) is 0.882. The van der Waals surface area contributed by atoms with E-state index in [9.17, 15) is 9.36 Å². The van der Waals surface area contributed by atoms with E-state index in [4.69, 9.17) is 9.79 Å². The summed E-state index contributed by atoms with van der Waals surface area (Å²) in [6, 6.07) is 0. The maximum Gasteiger partial charge on any atom is 1.00 e. The van der Waals surface area contributed by atoms with Gasteiger partial charge in [0.15, 0.2) is 0 Å². The molecule has 0 saturated heterocycles. The summed E-state index contributed by atoms with van der Waals surface area (Å²) >= 11 is 0. The van der Waals surface area contributed by atoms with Crippen LogP contribution in [-0.4, -0.2) is 15.4 Å². The van der Waals surface area contributed by atoms with Crippen molar-refractivity contribution in [2.75, 3.05) is 0 Å². The molecule has 0 bridgehead atoms. The first kappa shape index (κ1) is 12.0. The van der Waals surface area contributed by atoms with E-state index in [0.29, 0.717) is 0 Å². The Morgan fingerprint density at radius 1 is 1.62 bits per heavy atom. The average molecular weight is 165 g/mol. The third-order valence-corrected chi connectivity index (χ3v) is 0.861. The van der Waals surface area contributed by atoms with Gasteiger partial charge in [-0.3, -0.25) is 4.79 Å².